The number of alkyl halides is 3. The number of nitrogens with zero attached hydrogens (tertiary/aromatic N) is 3. The summed E-state index contributed by atoms with van der Waals surface area (Å²) in [5.74, 6) is -0.524. The normalized spacial score (nSPS) is 19.2. The Hall–Kier alpha value is -3.51. The lowest BCUT2D eigenvalue weighted by molar-refractivity contribution is -0.142. The van der Waals surface area contributed by atoms with Crippen molar-refractivity contribution in [3.05, 3.63) is 58.1 Å². The van der Waals surface area contributed by atoms with Crippen LogP contribution in [0.15, 0.2) is 36.4 Å². The van der Waals surface area contributed by atoms with Gasteiger partial charge in [-0.2, -0.15) is 13.2 Å². The number of anilines is 2. The number of hydrogen-bond acceptors (Lipinski definition) is 6. The Labute approximate surface area is 266 Å². The largest absolute Gasteiger partial charge is 0.436 e. The zero-order chi connectivity index (χ0) is 32.5. The second-order valence-electron chi connectivity index (χ2n) is 12.4. The Morgan fingerprint density at radius 3 is 2.40 bits per heavy atom. The van der Waals surface area contributed by atoms with E-state index in [-0.39, 0.29) is 28.6 Å². The number of likely N-dealkylation sites (tertiary alicyclic amines) is 2. The van der Waals surface area contributed by atoms with Gasteiger partial charge in [0.05, 0.1) is 16.3 Å². The topological polar surface area (TPSA) is 94.2 Å². The number of fused-ring (bicyclic) bond motifs is 2. The minimum absolute atomic E-state index is 0.0744. The molecule has 2 N–H and O–H groups in total. The number of ether oxygens (including phenoxy) is 1. The molecular weight excluding hydrogens is 611 g/mol. The maximum atomic E-state index is 13.9. The van der Waals surface area contributed by atoms with Crippen LogP contribution in [0, 0.1) is 0 Å². The number of carbonyl (C=O) groups is 3. The van der Waals surface area contributed by atoms with Gasteiger partial charge >= 0.3 is 12.3 Å². The second-order valence-corrected chi connectivity index (χ2v) is 12.8. The quantitative estimate of drug-likeness (QED) is 0.437. The van der Waals surface area contributed by atoms with Crippen LogP contribution < -0.4 is 10.6 Å². The Bertz CT molecular complexity index is 1440. The summed E-state index contributed by atoms with van der Waals surface area (Å²) in [5.41, 5.74) is 0.294. The zero-order valence-corrected chi connectivity index (χ0v) is 26.4. The van der Waals surface area contributed by atoms with Gasteiger partial charge in [0.15, 0.2) is 6.10 Å². The van der Waals surface area contributed by atoms with E-state index < -0.39 is 35.3 Å². The summed E-state index contributed by atoms with van der Waals surface area (Å²) in [6, 6.07) is 10.3. The number of piperidine rings is 2. The van der Waals surface area contributed by atoms with E-state index in [9.17, 15) is 27.6 Å². The van der Waals surface area contributed by atoms with E-state index in [0.29, 0.717) is 51.5 Å². The van der Waals surface area contributed by atoms with Gasteiger partial charge in [0.1, 0.15) is 0 Å². The van der Waals surface area contributed by atoms with Crippen LogP contribution in [0.4, 0.5) is 29.3 Å². The fraction of sp³-hybridized carbons (Fsp3) is 0.531. The first-order chi connectivity index (χ1) is 21.3. The monoisotopic (exact) mass is 649 g/mol. The second kappa shape index (κ2) is 13.1. The van der Waals surface area contributed by atoms with E-state index in [0.717, 1.165) is 30.2 Å². The summed E-state index contributed by atoms with van der Waals surface area (Å²) >= 11 is 6.24. The van der Waals surface area contributed by atoms with Crippen molar-refractivity contribution in [1.82, 2.24) is 14.7 Å². The number of benzene rings is 2. The van der Waals surface area contributed by atoms with Crippen molar-refractivity contribution in [2.24, 2.45) is 0 Å². The van der Waals surface area contributed by atoms with Gasteiger partial charge in [-0.25, -0.2) is 4.79 Å². The lowest BCUT2D eigenvalue weighted by atomic mass is 9.68. The maximum absolute atomic E-state index is 13.9. The molecule has 0 aliphatic carbocycles. The number of amides is 3. The van der Waals surface area contributed by atoms with Crippen molar-refractivity contribution >= 4 is 40.9 Å². The highest BCUT2D eigenvalue weighted by atomic mass is 35.5. The minimum Gasteiger partial charge on any atom is -0.436 e. The molecule has 0 unspecified atom stereocenters. The Morgan fingerprint density at radius 2 is 1.78 bits per heavy atom. The van der Waals surface area contributed by atoms with E-state index in [1.54, 1.807) is 4.90 Å². The molecule has 5 rings (SSSR count). The van der Waals surface area contributed by atoms with E-state index in [1.165, 1.54) is 18.0 Å². The molecule has 1 spiro atoms. The maximum Gasteiger partial charge on any atom is 0.418 e. The number of halogens is 4. The standard InChI is InChI=1S/C32H39ClF3N5O4/c1-37-28-23(32(34,35)36)16-20(17-24(28)33)18-26(29(43)40-12-8-21(9-13-40)39(2)3)45-30(44)41-14-10-31(11-15-41)19-27(42)38-25-7-5-4-6-22(25)31/h4-7,16-17,21,26,37H,8-15,18-19H2,1-3H3,(H,38,42)/t26-/m1/s1. The number of nitrogens with one attached hydrogen (secondary N) is 2. The van der Waals surface area contributed by atoms with Gasteiger partial charge in [-0.1, -0.05) is 29.8 Å². The Kier molecular flexibility index (Phi) is 9.55. The smallest absolute Gasteiger partial charge is 0.418 e. The summed E-state index contributed by atoms with van der Waals surface area (Å²) in [6.07, 6.45) is -4.21. The third-order valence-electron chi connectivity index (χ3n) is 9.40. The first-order valence-corrected chi connectivity index (χ1v) is 15.6. The molecule has 244 valence electrons. The molecule has 0 bridgehead atoms. The molecule has 45 heavy (non-hydrogen) atoms. The van der Waals surface area contributed by atoms with Crippen LogP contribution in [0.2, 0.25) is 5.02 Å². The van der Waals surface area contributed by atoms with Crippen LogP contribution in [0.3, 0.4) is 0 Å². The van der Waals surface area contributed by atoms with Gasteiger partial charge in [0.25, 0.3) is 5.91 Å². The molecule has 3 amide bonds. The fourth-order valence-corrected chi connectivity index (χ4v) is 7.21. The number of carbonyl (C=O) groups excluding carboxylic acids is 3. The molecule has 0 saturated carbocycles. The minimum atomic E-state index is -4.69. The van der Waals surface area contributed by atoms with Crippen molar-refractivity contribution < 1.29 is 32.3 Å². The number of hydrogen-bond donors (Lipinski definition) is 2. The summed E-state index contributed by atoms with van der Waals surface area (Å²) < 4.78 is 47.6. The Balaban J connectivity index is 1.35. The lowest BCUT2D eigenvalue weighted by Crippen LogP contribution is -2.52. The molecule has 0 radical (unpaired) electrons. The van der Waals surface area contributed by atoms with Crippen LogP contribution in [-0.2, 0) is 32.3 Å². The molecule has 2 aromatic carbocycles. The first kappa shape index (κ1) is 32.9. The van der Waals surface area contributed by atoms with Crippen molar-refractivity contribution in [3.63, 3.8) is 0 Å². The van der Waals surface area contributed by atoms with Gasteiger partial charge in [0.2, 0.25) is 5.91 Å². The highest BCUT2D eigenvalue weighted by molar-refractivity contribution is 6.33. The molecule has 3 heterocycles. The number of para-hydroxylation sites is 1. The average molecular weight is 650 g/mol. The van der Waals surface area contributed by atoms with E-state index in [4.69, 9.17) is 16.3 Å². The van der Waals surface area contributed by atoms with E-state index in [2.05, 4.69) is 15.5 Å². The molecule has 3 aliphatic rings. The zero-order valence-electron chi connectivity index (χ0n) is 25.7. The lowest BCUT2D eigenvalue weighted by Gasteiger charge is -2.44. The van der Waals surface area contributed by atoms with Crippen molar-refractivity contribution in [2.45, 2.75) is 62.3 Å². The van der Waals surface area contributed by atoms with Gasteiger partial charge in [-0.15, -0.1) is 0 Å². The van der Waals surface area contributed by atoms with E-state index >= 15 is 0 Å². The van der Waals surface area contributed by atoms with Crippen molar-refractivity contribution in [2.75, 3.05) is 58.0 Å². The molecule has 2 saturated heterocycles. The van der Waals surface area contributed by atoms with Crippen molar-refractivity contribution in [1.29, 1.82) is 0 Å². The molecule has 2 aromatic rings. The predicted octanol–water partition coefficient (Wildman–Crippen LogP) is 5.38. The van der Waals surface area contributed by atoms with Crippen LogP contribution in [0.25, 0.3) is 0 Å². The van der Waals surface area contributed by atoms with Gasteiger partial charge < -0.3 is 30.1 Å². The summed E-state index contributed by atoms with van der Waals surface area (Å²) in [4.78, 5) is 45.1. The molecule has 0 aromatic heterocycles. The molecule has 2 fully saturated rings. The van der Waals surface area contributed by atoms with Gasteiger partial charge in [-0.3, -0.25) is 9.59 Å². The molecule has 13 heteroatoms. The molecular formula is C32H39ClF3N5O4. The highest BCUT2D eigenvalue weighted by Crippen LogP contribution is 2.45. The van der Waals surface area contributed by atoms with Crippen LogP contribution in [-0.4, -0.2) is 92.1 Å². The Morgan fingerprint density at radius 1 is 1.11 bits per heavy atom. The van der Waals surface area contributed by atoms with Crippen LogP contribution in [0.1, 0.15) is 48.8 Å². The summed E-state index contributed by atoms with van der Waals surface area (Å²) in [5, 5.41) is 5.27. The van der Waals surface area contributed by atoms with E-state index in [1.807, 2.05) is 38.4 Å². The third-order valence-corrected chi connectivity index (χ3v) is 9.70. The van der Waals surface area contributed by atoms with Crippen molar-refractivity contribution in [3.8, 4) is 0 Å². The molecule has 1 atom stereocenters. The summed E-state index contributed by atoms with van der Waals surface area (Å²) in [6.45, 7) is 1.49. The number of rotatable bonds is 6. The van der Waals surface area contributed by atoms with Crippen LogP contribution in [0.5, 0.6) is 0 Å². The highest BCUT2D eigenvalue weighted by Gasteiger charge is 2.44. The predicted molar refractivity (Wildman–Crippen MR) is 165 cm³/mol. The van der Waals surface area contributed by atoms with Gasteiger partial charge in [-0.05, 0) is 69.1 Å². The SMILES string of the molecule is CNc1c(Cl)cc(C[C@@H](OC(=O)N2CCC3(CC2)CC(=O)Nc2ccccc23)C(=O)N2CCC(N(C)C)CC2)cc1C(F)(F)F. The average Bonchev–Trinajstić information content (AvgIpc) is 3.00. The first-order valence-electron chi connectivity index (χ1n) is 15.2. The molecule has 3 aliphatic heterocycles. The van der Waals surface area contributed by atoms with Crippen LogP contribution >= 0.6 is 11.6 Å². The third kappa shape index (κ3) is 7.01. The fourth-order valence-electron chi connectivity index (χ4n) is 6.87. The molecule has 9 nitrogen and oxygen atoms in total. The summed E-state index contributed by atoms with van der Waals surface area (Å²) in [7, 11) is 5.30. The van der Waals surface area contributed by atoms with Gasteiger partial charge in [0, 0.05) is 63.2 Å².